The van der Waals surface area contributed by atoms with Crippen LogP contribution in [-0.4, -0.2) is 9.55 Å². The first-order valence-corrected chi connectivity index (χ1v) is 6.80. The molecule has 3 rings (SSSR count). The molecule has 88 valence electrons. The predicted molar refractivity (Wildman–Crippen MR) is 71.9 cm³/mol. The zero-order chi connectivity index (χ0) is 12.0. The Bertz CT molecular complexity index is 653. The van der Waals surface area contributed by atoms with E-state index < -0.39 is 0 Å². The van der Waals surface area contributed by atoms with E-state index in [1.807, 2.05) is 0 Å². The second-order valence-electron chi connectivity index (χ2n) is 4.20. The number of alkyl halides is 1. The lowest BCUT2D eigenvalue weighted by Gasteiger charge is -2.22. The third-order valence-electron chi connectivity index (χ3n) is 3.07. The van der Waals surface area contributed by atoms with E-state index in [-0.39, 0.29) is 10.4 Å². The van der Waals surface area contributed by atoms with Gasteiger partial charge in [0.25, 0.3) is 5.56 Å². The van der Waals surface area contributed by atoms with Crippen molar-refractivity contribution in [1.82, 2.24) is 9.55 Å². The fourth-order valence-electron chi connectivity index (χ4n) is 2.22. The predicted octanol–water partition coefficient (Wildman–Crippen LogP) is 3.28. The van der Waals surface area contributed by atoms with Crippen LogP contribution in [0.5, 0.6) is 0 Å². The van der Waals surface area contributed by atoms with Crippen molar-refractivity contribution in [3.05, 3.63) is 39.4 Å². The van der Waals surface area contributed by atoms with Gasteiger partial charge in [-0.25, -0.2) is 4.98 Å². The highest BCUT2D eigenvalue weighted by Crippen LogP contribution is 2.30. The molecule has 0 fully saturated rings. The van der Waals surface area contributed by atoms with Gasteiger partial charge in [0, 0.05) is 11.6 Å². The molecule has 0 saturated heterocycles. The van der Waals surface area contributed by atoms with E-state index >= 15 is 0 Å². The summed E-state index contributed by atoms with van der Waals surface area (Å²) in [5, 5.41) is 1.25. The third kappa shape index (κ3) is 1.79. The van der Waals surface area contributed by atoms with Crippen molar-refractivity contribution in [2.45, 2.75) is 24.2 Å². The lowest BCUT2D eigenvalue weighted by Crippen LogP contribution is -2.29. The van der Waals surface area contributed by atoms with E-state index in [1.165, 1.54) is 0 Å². The minimum atomic E-state index is 0.0332. The number of halogens is 2. The lowest BCUT2D eigenvalue weighted by atomic mass is 10.1. The molecule has 1 aliphatic rings. The molecule has 0 unspecified atom stereocenters. The smallest absolute Gasteiger partial charge is 0.261 e. The van der Waals surface area contributed by atoms with Crippen LogP contribution in [-0.2, 0) is 6.54 Å². The molecule has 0 N–H and O–H groups in total. The average Bonchev–Trinajstić information content (AvgIpc) is 2.30. The molecule has 0 radical (unpaired) electrons. The van der Waals surface area contributed by atoms with Crippen molar-refractivity contribution in [2.24, 2.45) is 0 Å². The molecule has 0 amide bonds. The Morgan fingerprint density at radius 3 is 3.12 bits per heavy atom. The first-order valence-electron chi connectivity index (χ1n) is 5.51. The van der Waals surface area contributed by atoms with Gasteiger partial charge in [0.05, 0.1) is 15.7 Å². The summed E-state index contributed by atoms with van der Waals surface area (Å²) < 4.78 is 1.76. The van der Waals surface area contributed by atoms with E-state index in [2.05, 4.69) is 20.9 Å². The summed E-state index contributed by atoms with van der Waals surface area (Å²) in [6.45, 7) is 0.752. The van der Waals surface area contributed by atoms with Crippen molar-refractivity contribution in [1.29, 1.82) is 0 Å². The molecule has 5 heteroatoms. The van der Waals surface area contributed by atoms with Gasteiger partial charge in [-0.2, -0.15) is 0 Å². The van der Waals surface area contributed by atoms with E-state index in [4.69, 9.17) is 11.6 Å². The Labute approximate surface area is 112 Å². The zero-order valence-corrected chi connectivity index (χ0v) is 11.3. The third-order valence-corrected chi connectivity index (χ3v) is 4.17. The SMILES string of the molecule is O=c1c2ccc(Cl)cc2nc2n1CCC[C@@H]2Br. The Kier molecular flexibility index (Phi) is 2.71. The monoisotopic (exact) mass is 312 g/mol. The van der Waals surface area contributed by atoms with Crippen LogP contribution in [0.3, 0.4) is 0 Å². The van der Waals surface area contributed by atoms with Gasteiger partial charge in [-0.15, -0.1) is 0 Å². The average molecular weight is 314 g/mol. The van der Waals surface area contributed by atoms with Gasteiger partial charge >= 0.3 is 0 Å². The van der Waals surface area contributed by atoms with Crippen LogP contribution < -0.4 is 5.56 Å². The second-order valence-corrected chi connectivity index (χ2v) is 5.74. The van der Waals surface area contributed by atoms with Gasteiger partial charge in [0.2, 0.25) is 0 Å². The fraction of sp³-hybridized carbons (Fsp3) is 0.333. The molecule has 1 atom stereocenters. The topological polar surface area (TPSA) is 34.9 Å². The molecular weight excluding hydrogens is 304 g/mol. The van der Waals surface area contributed by atoms with E-state index in [9.17, 15) is 4.79 Å². The lowest BCUT2D eigenvalue weighted by molar-refractivity contribution is 0.498. The fourth-order valence-corrected chi connectivity index (χ4v) is 3.06. The minimum Gasteiger partial charge on any atom is -0.295 e. The number of fused-ring (bicyclic) bond motifs is 2. The molecule has 3 nitrogen and oxygen atoms in total. The number of nitrogens with zero attached hydrogens (tertiary/aromatic N) is 2. The molecule has 0 spiro atoms. The summed E-state index contributed by atoms with van der Waals surface area (Å²) in [5.41, 5.74) is 0.714. The molecule has 0 aliphatic carbocycles. The van der Waals surface area contributed by atoms with Gasteiger partial charge in [0.15, 0.2) is 0 Å². The van der Waals surface area contributed by atoms with Crippen LogP contribution in [0, 0.1) is 0 Å². The number of rotatable bonds is 0. The largest absolute Gasteiger partial charge is 0.295 e. The van der Waals surface area contributed by atoms with Crippen molar-refractivity contribution < 1.29 is 0 Å². The molecule has 2 aromatic rings. The van der Waals surface area contributed by atoms with Crippen molar-refractivity contribution in [2.75, 3.05) is 0 Å². The maximum absolute atomic E-state index is 12.3. The van der Waals surface area contributed by atoms with Crippen LogP contribution in [0.15, 0.2) is 23.0 Å². The molecule has 0 bridgehead atoms. The van der Waals surface area contributed by atoms with E-state index in [0.717, 1.165) is 25.2 Å². The van der Waals surface area contributed by atoms with Gasteiger partial charge in [-0.05, 0) is 31.0 Å². The van der Waals surface area contributed by atoms with Crippen LogP contribution in [0.25, 0.3) is 10.9 Å². The number of benzene rings is 1. The summed E-state index contributed by atoms with van der Waals surface area (Å²) in [7, 11) is 0. The van der Waals surface area contributed by atoms with Crippen molar-refractivity contribution in [3.63, 3.8) is 0 Å². The van der Waals surface area contributed by atoms with E-state index in [0.29, 0.717) is 15.9 Å². The highest BCUT2D eigenvalue weighted by atomic mass is 79.9. The summed E-state index contributed by atoms with van der Waals surface area (Å²) in [5.74, 6) is 0.816. The first kappa shape index (κ1) is 11.2. The molecule has 2 heterocycles. The van der Waals surface area contributed by atoms with E-state index in [1.54, 1.807) is 22.8 Å². The summed E-state index contributed by atoms with van der Waals surface area (Å²) in [6.07, 6.45) is 2.02. The van der Waals surface area contributed by atoms with Crippen LogP contribution >= 0.6 is 27.5 Å². The van der Waals surface area contributed by atoms with Crippen LogP contribution in [0.4, 0.5) is 0 Å². The summed E-state index contributed by atoms with van der Waals surface area (Å²) in [4.78, 5) is 17.0. The number of hydrogen-bond acceptors (Lipinski definition) is 2. The minimum absolute atomic E-state index is 0.0332. The molecule has 1 aromatic carbocycles. The molecule has 0 saturated carbocycles. The Morgan fingerprint density at radius 1 is 1.47 bits per heavy atom. The van der Waals surface area contributed by atoms with Gasteiger partial charge in [-0.1, -0.05) is 27.5 Å². The molecule has 17 heavy (non-hydrogen) atoms. The number of hydrogen-bond donors (Lipinski definition) is 0. The Balaban J connectivity index is 2.39. The molecule has 1 aliphatic heterocycles. The van der Waals surface area contributed by atoms with Crippen LogP contribution in [0.2, 0.25) is 5.02 Å². The quantitative estimate of drug-likeness (QED) is 0.700. The van der Waals surface area contributed by atoms with Gasteiger partial charge in [0.1, 0.15) is 5.82 Å². The van der Waals surface area contributed by atoms with Crippen molar-refractivity contribution >= 4 is 38.4 Å². The Hall–Kier alpha value is -0.870. The highest BCUT2D eigenvalue weighted by Gasteiger charge is 2.21. The first-order chi connectivity index (χ1) is 8.16. The van der Waals surface area contributed by atoms with Crippen molar-refractivity contribution in [3.8, 4) is 0 Å². The molecular formula is C12H10BrClN2O. The summed E-state index contributed by atoms with van der Waals surface area (Å²) in [6, 6.07) is 5.22. The maximum Gasteiger partial charge on any atom is 0.261 e. The standard InChI is InChI=1S/C12H10BrClN2O/c13-9-2-1-5-16-11(9)15-10-6-7(14)3-4-8(10)12(16)17/h3-4,6,9H,1-2,5H2/t9-/m0/s1. The summed E-state index contributed by atoms with van der Waals surface area (Å²) >= 11 is 9.50. The second kappa shape index (κ2) is 4.10. The van der Waals surface area contributed by atoms with Gasteiger partial charge < -0.3 is 0 Å². The molecule has 1 aromatic heterocycles. The van der Waals surface area contributed by atoms with Crippen LogP contribution in [0.1, 0.15) is 23.5 Å². The zero-order valence-electron chi connectivity index (χ0n) is 8.99. The Morgan fingerprint density at radius 2 is 2.29 bits per heavy atom. The number of aromatic nitrogens is 2. The maximum atomic E-state index is 12.3. The van der Waals surface area contributed by atoms with Gasteiger partial charge in [-0.3, -0.25) is 9.36 Å². The highest BCUT2D eigenvalue weighted by molar-refractivity contribution is 9.09. The normalized spacial score (nSPS) is 19.3.